The molecule has 0 saturated heterocycles. The minimum atomic E-state index is -3.52. The summed E-state index contributed by atoms with van der Waals surface area (Å²) in [7, 11) is 1.45. The molecule has 0 N–H and O–H groups in total. The van der Waals surface area contributed by atoms with Crippen molar-refractivity contribution in [3.8, 4) is 0 Å². The first kappa shape index (κ1) is 11.2. The van der Waals surface area contributed by atoms with Gasteiger partial charge in [0.2, 0.25) is 15.0 Å². The summed E-state index contributed by atoms with van der Waals surface area (Å²) in [5.74, 6) is -2.99. The molecule has 0 aromatic rings. The number of hydrogen-bond donors (Lipinski definition) is 0. The fourth-order valence-corrected chi connectivity index (χ4v) is 2.48. The lowest BCUT2D eigenvalue weighted by Gasteiger charge is -2.08. The average molecular weight is 233 g/mol. The van der Waals surface area contributed by atoms with Crippen LogP contribution in [0.25, 0.3) is 0 Å². The lowest BCUT2D eigenvalue weighted by atomic mass is 10.1. The molecule has 0 spiro atoms. The van der Waals surface area contributed by atoms with E-state index in [9.17, 15) is 17.2 Å². The Labute approximate surface area is 80.7 Å². The molecule has 0 bridgehead atoms. The molecule has 0 aliphatic heterocycles. The largest absolute Gasteiger partial charge is 0.248 e. The average Bonchev–Trinajstić information content (AvgIpc) is 2.24. The van der Waals surface area contributed by atoms with Crippen LogP contribution in [0.15, 0.2) is 0 Å². The topological polar surface area (TPSA) is 34.1 Å². The van der Waals surface area contributed by atoms with Crippen LogP contribution in [0.3, 0.4) is 0 Å². The standard InChI is InChI=1S/C7H11ClF2O2S/c8-13(11,12)4-2-6-1-3-7(9,10)5-6/h6H,1-5H2. The highest BCUT2D eigenvalue weighted by molar-refractivity contribution is 8.13. The predicted octanol–water partition coefficient (Wildman–Crippen LogP) is 2.38. The van der Waals surface area contributed by atoms with Crippen molar-refractivity contribution in [3.63, 3.8) is 0 Å². The van der Waals surface area contributed by atoms with E-state index < -0.39 is 15.0 Å². The van der Waals surface area contributed by atoms with Crippen LogP contribution in [-0.4, -0.2) is 20.1 Å². The van der Waals surface area contributed by atoms with Crippen LogP contribution in [0.5, 0.6) is 0 Å². The molecule has 0 heterocycles. The van der Waals surface area contributed by atoms with Crippen LogP contribution in [-0.2, 0) is 9.05 Å². The van der Waals surface area contributed by atoms with Gasteiger partial charge in [-0.1, -0.05) is 0 Å². The second-order valence-corrected chi connectivity index (χ2v) is 6.39. The van der Waals surface area contributed by atoms with Crippen molar-refractivity contribution in [2.75, 3.05) is 5.75 Å². The lowest BCUT2D eigenvalue weighted by molar-refractivity contribution is 0.00494. The fourth-order valence-electron chi connectivity index (χ4n) is 1.60. The molecule has 0 radical (unpaired) electrons. The quantitative estimate of drug-likeness (QED) is 0.701. The van der Waals surface area contributed by atoms with Crippen molar-refractivity contribution < 1.29 is 17.2 Å². The number of halogens is 3. The molecule has 13 heavy (non-hydrogen) atoms. The van der Waals surface area contributed by atoms with Crippen molar-refractivity contribution >= 4 is 19.7 Å². The minimum Gasteiger partial charge on any atom is -0.212 e. The Morgan fingerprint density at radius 2 is 2.08 bits per heavy atom. The van der Waals surface area contributed by atoms with Crippen LogP contribution < -0.4 is 0 Å². The maximum atomic E-state index is 12.6. The van der Waals surface area contributed by atoms with Gasteiger partial charge in [0.25, 0.3) is 0 Å². The Kier molecular flexibility index (Phi) is 3.17. The van der Waals surface area contributed by atoms with E-state index in [1.165, 1.54) is 0 Å². The van der Waals surface area contributed by atoms with E-state index >= 15 is 0 Å². The fraction of sp³-hybridized carbons (Fsp3) is 1.00. The van der Waals surface area contributed by atoms with Crippen molar-refractivity contribution in [2.24, 2.45) is 5.92 Å². The van der Waals surface area contributed by atoms with Crippen molar-refractivity contribution in [1.82, 2.24) is 0 Å². The first-order chi connectivity index (χ1) is 5.79. The maximum Gasteiger partial charge on any atom is 0.248 e. The molecule has 1 unspecified atom stereocenters. The molecule has 1 saturated carbocycles. The Morgan fingerprint density at radius 3 is 2.46 bits per heavy atom. The zero-order valence-electron chi connectivity index (χ0n) is 6.97. The number of alkyl halides is 2. The van der Waals surface area contributed by atoms with Gasteiger partial charge in [0.05, 0.1) is 5.75 Å². The second kappa shape index (κ2) is 3.69. The Hall–Kier alpha value is 0.1000. The van der Waals surface area contributed by atoms with E-state index in [0.717, 1.165) is 0 Å². The minimum absolute atomic E-state index is 0.125. The molecule has 0 aromatic carbocycles. The van der Waals surface area contributed by atoms with Gasteiger partial charge < -0.3 is 0 Å². The van der Waals surface area contributed by atoms with E-state index in [1.54, 1.807) is 0 Å². The van der Waals surface area contributed by atoms with Gasteiger partial charge in [-0.05, 0) is 18.8 Å². The third kappa shape index (κ3) is 4.22. The van der Waals surface area contributed by atoms with Gasteiger partial charge >= 0.3 is 0 Å². The molecule has 1 fully saturated rings. The summed E-state index contributed by atoms with van der Waals surface area (Å²) < 4.78 is 46.3. The van der Waals surface area contributed by atoms with Gasteiger partial charge in [-0.2, -0.15) is 0 Å². The monoisotopic (exact) mass is 232 g/mol. The predicted molar refractivity (Wildman–Crippen MR) is 46.5 cm³/mol. The zero-order valence-corrected chi connectivity index (χ0v) is 8.54. The van der Waals surface area contributed by atoms with Crippen LogP contribution in [0.2, 0.25) is 0 Å². The molecule has 0 aromatic heterocycles. The van der Waals surface area contributed by atoms with E-state index in [-0.39, 0.29) is 30.9 Å². The van der Waals surface area contributed by atoms with Gasteiger partial charge in [-0.25, -0.2) is 17.2 Å². The van der Waals surface area contributed by atoms with Crippen molar-refractivity contribution in [1.29, 1.82) is 0 Å². The normalized spacial score (nSPS) is 27.8. The van der Waals surface area contributed by atoms with Crippen LogP contribution in [0.1, 0.15) is 25.7 Å². The molecule has 0 amide bonds. The Balaban J connectivity index is 2.34. The highest BCUT2D eigenvalue weighted by Gasteiger charge is 2.39. The smallest absolute Gasteiger partial charge is 0.212 e. The summed E-state index contributed by atoms with van der Waals surface area (Å²) >= 11 is 0. The first-order valence-corrected chi connectivity index (χ1v) is 6.56. The maximum absolute atomic E-state index is 12.6. The molecule has 1 aliphatic rings. The lowest BCUT2D eigenvalue weighted by Crippen LogP contribution is -2.11. The number of hydrogen-bond acceptors (Lipinski definition) is 2. The van der Waals surface area contributed by atoms with E-state index in [0.29, 0.717) is 6.42 Å². The van der Waals surface area contributed by atoms with Crippen LogP contribution in [0.4, 0.5) is 8.78 Å². The SMILES string of the molecule is O=S(=O)(Cl)CCC1CCC(F)(F)C1. The molecule has 6 heteroatoms. The Morgan fingerprint density at radius 1 is 1.46 bits per heavy atom. The van der Waals surface area contributed by atoms with Gasteiger partial charge in [0.1, 0.15) is 0 Å². The summed E-state index contributed by atoms with van der Waals surface area (Å²) in [4.78, 5) is 0. The van der Waals surface area contributed by atoms with Crippen molar-refractivity contribution in [2.45, 2.75) is 31.6 Å². The summed E-state index contributed by atoms with van der Waals surface area (Å²) in [6.45, 7) is 0. The van der Waals surface area contributed by atoms with Gasteiger partial charge in [0.15, 0.2) is 0 Å². The number of rotatable bonds is 3. The van der Waals surface area contributed by atoms with E-state index in [1.807, 2.05) is 0 Å². The molecule has 78 valence electrons. The van der Waals surface area contributed by atoms with Gasteiger partial charge in [0, 0.05) is 23.5 Å². The molecule has 1 rings (SSSR count). The third-order valence-electron chi connectivity index (χ3n) is 2.28. The van der Waals surface area contributed by atoms with Crippen LogP contribution >= 0.6 is 10.7 Å². The van der Waals surface area contributed by atoms with E-state index in [4.69, 9.17) is 10.7 Å². The summed E-state index contributed by atoms with van der Waals surface area (Å²) in [6, 6.07) is 0. The summed E-state index contributed by atoms with van der Waals surface area (Å²) in [6.07, 6.45) is 0.334. The highest BCUT2D eigenvalue weighted by Crippen LogP contribution is 2.40. The molecule has 1 atom stereocenters. The zero-order chi connectivity index (χ0) is 10.1. The summed E-state index contributed by atoms with van der Waals surface area (Å²) in [5.41, 5.74) is 0. The molecular weight excluding hydrogens is 222 g/mol. The molecule has 2 nitrogen and oxygen atoms in total. The Bertz CT molecular complexity index is 276. The molecular formula is C7H11ClF2O2S. The van der Waals surface area contributed by atoms with Gasteiger partial charge in [-0.3, -0.25) is 0 Å². The van der Waals surface area contributed by atoms with E-state index in [2.05, 4.69) is 0 Å². The summed E-state index contributed by atoms with van der Waals surface area (Å²) in [5, 5.41) is 0. The van der Waals surface area contributed by atoms with Crippen molar-refractivity contribution in [3.05, 3.63) is 0 Å². The second-order valence-electron chi connectivity index (χ2n) is 3.50. The highest BCUT2D eigenvalue weighted by atomic mass is 35.7. The first-order valence-electron chi connectivity index (χ1n) is 4.09. The van der Waals surface area contributed by atoms with Crippen LogP contribution in [0, 0.1) is 5.92 Å². The molecule has 1 aliphatic carbocycles. The van der Waals surface area contributed by atoms with Gasteiger partial charge in [-0.15, -0.1) is 0 Å². The third-order valence-corrected chi connectivity index (χ3v) is 3.46.